The number of carbonyl (C=O) groups is 1. The van der Waals surface area contributed by atoms with Crippen LogP contribution in [-0.4, -0.2) is 35.0 Å². The van der Waals surface area contributed by atoms with Crippen molar-refractivity contribution in [3.05, 3.63) is 71.5 Å². The van der Waals surface area contributed by atoms with Crippen LogP contribution < -0.4 is 5.73 Å². The minimum Gasteiger partial charge on any atom is -0.366 e. The van der Waals surface area contributed by atoms with E-state index in [0.29, 0.717) is 5.56 Å². The molecule has 0 atom stereocenters. The molecule has 1 aromatic heterocycles. The summed E-state index contributed by atoms with van der Waals surface area (Å²) in [4.78, 5) is 14.9. The normalized spacial score (nSPS) is 14.7. The van der Waals surface area contributed by atoms with E-state index in [0.717, 1.165) is 35.6 Å². The molecule has 3 aromatic rings. The summed E-state index contributed by atoms with van der Waals surface area (Å²) >= 11 is 0. The third-order valence-corrected chi connectivity index (χ3v) is 6.40. The lowest BCUT2D eigenvalue weighted by molar-refractivity contribution is 0.1000. The Balaban J connectivity index is 1.66. The van der Waals surface area contributed by atoms with E-state index in [-0.39, 0.29) is 5.91 Å². The van der Waals surface area contributed by atoms with Gasteiger partial charge in [0.15, 0.2) is 0 Å². The first kappa shape index (κ1) is 20.4. The van der Waals surface area contributed by atoms with E-state index >= 15 is 0 Å². The Bertz CT molecular complexity index is 1010. The molecule has 1 aliphatic rings. The highest BCUT2D eigenvalue weighted by Gasteiger charge is 2.23. The molecular formula is C26H31N3O. The molecule has 1 saturated heterocycles. The maximum Gasteiger partial charge on any atom is 0.251 e. The van der Waals surface area contributed by atoms with E-state index in [9.17, 15) is 4.79 Å². The van der Waals surface area contributed by atoms with Crippen molar-refractivity contribution in [2.75, 3.05) is 19.6 Å². The van der Waals surface area contributed by atoms with Crippen LogP contribution >= 0.6 is 0 Å². The molecule has 0 saturated carbocycles. The molecule has 0 aliphatic carbocycles. The van der Waals surface area contributed by atoms with E-state index in [4.69, 9.17) is 5.73 Å². The molecule has 4 rings (SSSR count). The molecule has 30 heavy (non-hydrogen) atoms. The number of hydrogen-bond donors (Lipinski definition) is 1. The van der Waals surface area contributed by atoms with E-state index in [1.54, 1.807) is 0 Å². The molecule has 1 amide bonds. The summed E-state index contributed by atoms with van der Waals surface area (Å²) in [5.41, 5.74) is 12.9. The van der Waals surface area contributed by atoms with Gasteiger partial charge in [-0.05, 0) is 56.5 Å². The van der Waals surface area contributed by atoms with Crippen molar-refractivity contribution in [3.8, 4) is 22.3 Å². The van der Waals surface area contributed by atoms with Crippen molar-refractivity contribution in [2.24, 2.45) is 5.73 Å². The third-order valence-electron chi connectivity index (χ3n) is 6.40. The first-order valence-electron chi connectivity index (χ1n) is 10.9. The predicted molar refractivity (Wildman–Crippen MR) is 124 cm³/mol. The largest absolute Gasteiger partial charge is 0.366 e. The van der Waals surface area contributed by atoms with Gasteiger partial charge in [0.25, 0.3) is 5.91 Å². The number of nitrogens with zero attached hydrogens (tertiary/aromatic N) is 2. The van der Waals surface area contributed by atoms with Crippen LogP contribution in [0.1, 0.15) is 41.0 Å². The topological polar surface area (TPSA) is 51.3 Å². The number of rotatable bonds is 6. The van der Waals surface area contributed by atoms with Crippen LogP contribution in [0.5, 0.6) is 0 Å². The summed E-state index contributed by atoms with van der Waals surface area (Å²) in [6, 6.07) is 18.8. The fourth-order valence-electron chi connectivity index (χ4n) is 4.76. The summed E-state index contributed by atoms with van der Waals surface area (Å²) in [7, 11) is 0. The Morgan fingerprint density at radius 2 is 1.40 bits per heavy atom. The smallest absolute Gasteiger partial charge is 0.251 e. The molecule has 2 heterocycles. The minimum absolute atomic E-state index is 0.352. The summed E-state index contributed by atoms with van der Waals surface area (Å²) in [6.45, 7) is 8.38. The highest BCUT2D eigenvalue weighted by atomic mass is 16.1. The number of primary amides is 1. The lowest BCUT2D eigenvalue weighted by Crippen LogP contribution is -2.32. The molecule has 1 fully saturated rings. The van der Waals surface area contributed by atoms with Gasteiger partial charge < -0.3 is 15.2 Å². The molecule has 0 bridgehead atoms. The standard InChI is InChI=1S/C26H31N3O/c1-19-24(23-13-11-22(12-14-23)21-9-5-3-6-10-21)25(26(27)30)20(2)29(19)18-17-28-15-7-4-8-16-28/h3,5-6,9-14H,4,7-8,15-18H2,1-2H3,(H2,27,30). The number of benzene rings is 2. The van der Waals surface area contributed by atoms with Gasteiger partial charge in [0.1, 0.15) is 0 Å². The average Bonchev–Trinajstić information content (AvgIpc) is 3.03. The second kappa shape index (κ2) is 8.88. The average molecular weight is 402 g/mol. The summed E-state index contributed by atoms with van der Waals surface area (Å²) < 4.78 is 2.27. The Labute approximate surface area is 179 Å². The second-order valence-electron chi connectivity index (χ2n) is 8.28. The Kier molecular flexibility index (Phi) is 6.05. The molecule has 0 radical (unpaired) electrons. The van der Waals surface area contributed by atoms with E-state index in [2.05, 4.69) is 52.8 Å². The van der Waals surface area contributed by atoms with Gasteiger partial charge in [-0.15, -0.1) is 0 Å². The van der Waals surface area contributed by atoms with Gasteiger partial charge in [-0.1, -0.05) is 61.0 Å². The van der Waals surface area contributed by atoms with Gasteiger partial charge in [0.2, 0.25) is 0 Å². The highest BCUT2D eigenvalue weighted by Crippen LogP contribution is 2.33. The molecule has 4 nitrogen and oxygen atoms in total. The van der Waals surface area contributed by atoms with Crippen molar-refractivity contribution >= 4 is 5.91 Å². The number of carbonyl (C=O) groups excluding carboxylic acids is 1. The van der Waals surface area contributed by atoms with Crippen molar-refractivity contribution in [1.29, 1.82) is 0 Å². The van der Waals surface area contributed by atoms with Crippen LogP contribution in [0, 0.1) is 13.8 Å². The van der Waals surface area contributed by atoms with Gasteiger partial charge in [0.05, 0.1) is 5.56 Å². The van der Waals surface area contributed by atoms with Gasteiger partial charge in [-0.2, -0.15) is 0 Å². The summed E-state index contributed by atoms with van der Waals surface area (Å²) in [6.07, 6.45) is 3.91. The van der Waals surface area contributed by atoms with Crippen LogP contribution in [0.3, 0.4) is 0 Å². The molecule has 0 unspecified atom stereocenters. The molecular weight excluding hydrogens is 370 g/mol. The predicted octanol–water partition coefficient (Wildman–Crippen LogP) is 5.02. The molecule has 2 N–H and O–H groups in total. The van der Waals surface area contributed by atoms with Crippen LogP contribution in [0.2, 0.25) is 0 Å². The highest BCUT2D eigenvalue weighted by molar-refractivity contribution is 6.02. The molecule has 4 heteroatoms. The van der Waals surface area contributed by atoms with Crippen molar-refractivity contribution in [3.63, 3.8) is 0 Å². The quantitative estimate of drug-likeness (QED) is 0.630. The number of amides is 1. The van der Waals surface area contributed by atoms with Gasteiger partial charge in [-0.25, -0.2) is 0 Å². The molecule has 156 valence electrons. The third kappa shape index (κ3) is 4.05. The first-order chi connectivity index (χ1) is 14.6. The number of hydrogen-bond acceptors (Lipinski definition) is 2. The van der Waals surface area contributed by atoms with Gasteiger partial charge in [-0.3, -0.25) is 4.79 Å². The van der Waals surface area contributed by atoms with Crippen LogP contribution in [-0.2, 0) is 6.54 Å². The maximum atomic E-state index is 12.4. The number of piperidine rings is 1. The van der Waals surface area contributed by atoms with Crippen LogP contribution in [0.4, 0.5) is 0 Å². The Morgan fingerprint density at radius 3 is 2.03 bits per heavy atom. The zero-order valence-corrected chi connectivity index (χ0v) is 18.0. The Hall–Kier alpha value is -2.85. The fourth-order valence-corrected chi connectivity index (χ4v) is 4.76. The lowest BCUT2D eigenvalue weighted by Gasteiger charge is -2.27. The summed E-state index contributed by atoms with van der Waals surface area (Å²) in [5, 5.41) is 0. The number of aromatic nitrogens is 1. The monoisotopic (exact) mass is 401 g/mol. The van der Waals surface area contributed by atoms with Gasteiger partial charge >= 0.3 is 0 Å². The number of likely N-dealkylation sites (tertiary alicyclic amines) is 1. The lowest BCUT2D eigenvalue weighted by atomic mass is 9.97. The van der Waals surface area contributed by atoms with E-state index < -0.39 is 0 Å². The van der Waals surface area contributed by atoms with Crippen LogP contribution in [0.25, 0.3) is 22.3 Å². The van der Waals surface area contributed by atoms with Crippen LogP contribution in [0.15, 0.2) is 54.6 Å². The van der Waals surface area contributed by atoms with E-state index in [1.165, 1.54) is 43.5 Å². The van der Waals surface area contributed by atoms with Gasteiger partial charge in [0, 0.05) is 30.0 Å². The fraction of sp³-hybridized carbons (Fsp3) is 0.346. The van der Waals surface area contributed by atoms with E-state index in [1.807, 2.05) is 25.1 Å². The molecule has 0 spiro atoms. The summed E-state index contributed by atoms with van der Waals surface area (Å²) in [5.74, 6) is -0.352. The molecule has 2 aromatic carbocycles. The number of nitrogens with two attached hydrogens (primary N) is 1. The molecule has 1 aliphatic heterocycles. The first-order valence-corrected chi connectivity index (χ1v) is 10.9. The zero-order valence-electron chi connectivity index (χ0n) is 18.0. The second-order valence-corrected chi connectivity index (χ2v) is 8.28. The minimum atomic E-state index is -0.352. The maximum absolute atomic E-state index is 12.4. The van der Waals surface area contributed by atoms with Crippen molar-refractivity contribution in [2.45, 2.75) is 39.7 Å². The Morgan fingerprint density at radius 1 is 0.800 bits per heavy atom. The zero-order chi connectivity index (χ0) is 21.1. The van der Waals surface area contributed by atoms with Crippen molar-refractivity contribution < 1.29 is 4.79 Å². The SMILES string of the molecule is Cc1c(C(N)=O)c(-c2ccc(-c3ccccc3)cc2)c(C)n1CCN1CCCCC1. The van der Waals surface area contributed by atoms with Crippen molar-refractivity contribution in [1.82, 2.24) is 9.47 Å².